The van der Waals surface area contributed by atoms with Crippen LogP contribution in [-0.2, 0) is 0 Å². The first kappa shape index (κ1) is 13.5. The van der Waals surface area contributed by atoms with Gasteiger partial charge in [0.2, 0.25) is 0 Å². The predicted molar refractivity (Wildman–Crippen MR) is 81.4 cm³/mol. The molecule has 0 aromatic rings. The third-order valence-corrected chi connectivity index (χ3v) is 5.94. The fraction of sp³-hybridized carbons (Fsp3) is 1.00. The van der Waals surface area contributed by atoms with Crippen LogP contribution < -0.4 is 21.3 Å². The standard InChI is InChI=1S/C16H30N4/c1-2-6-12-11(5-1)17-15(18-12)9-10-16-19-13-7-3-4-8-14(13)20-16/h11-20H,1-10H2. The quantitative estimate of drug-likeness (QED) is 0.631. The lowest BCUT2D eigenvalue weighted by Crippen LogP contribution is -2.38. The Kier molecular flexibility index (Phi) is 3.99. The number of hydrogen-bond donors (Lipinski definition) is 4. The summed E-state index contributed by atoms with van der Waals surface area (Å²) in [6, 6.07) is 3.00. The third-order valence-electron chi connectivity index (χ3n) is 5.94. The minimum Gasteiger partial charge on any atom is -0.298 e. The normalized spacial score (nSPS) is 48.0. The van der Waals surface area contributed by atoms with Crippen molar-refractivity contribution in [3.05, 3.63) is 0 Å². The summed E-state index contributed by atoms with van der Waals surface area (Å²) in [5.41, 5.74) is 0. The molecule has 4 heteroatoms. The van der Waals surface area contributed by atoms with Crippen LogP contribution in [0.4, 0.5) is 0 Å². The molecule has 2 aliphatic carbocycles. The van der Waals surface area contributed by atoms with E-state index >= 15 is 0 Å². The highest BCUT2D eigenvalue weighted by Crippen LogP contribution is 2.26. The zero-order valence-corrected chi connectivity index (χ0v) is 12.5. The van der Waals surface area contributed by atoms with Crippen molar-refractivity contribution in [3.63, 3.8) is 0 Å². The Morgan fingerprint density at radius 1 is 0.500 bits per heavy atom. The molecule has 114 valence electrons. The fourth-order valence-corrected chi connectivity index (χ4v) is 4.86. The van der Waals surface area contributed by atoms with Gasteiger partial charge < -0.3 is 0 Å². The van der Waals surface area contributed by atoms with Gasteiger partial charge in [-0.1, -0.05) is 25.7 Å². The Morgan fingerprint density at radius 3 is 1.10 bits per heavy atom. The van der Waals surface area contributed by atoms with Gasteiger partial charge in [-0.2, -0.15) is 0 Å². The summed E-state index contributed by atoms with van der Waals surface area (Å²) in [5, 5.41) is 15.3. The minimum atomic E-state index is 0.550. The predicted octanol–water partition coefficient (Wildman–Crippen LogP) is 1.43. The molecule has 4 unspecified atom stereocenters. The van der Waals surface area contributed by atoms with E-state index in [1.54, 1.807) is 0 Å². The molecule has 20 heavy (non-hydrogen) atoms. The van der Waals surface area contributed by atoms with Gasteiger partial charge >= 0.3 is 0 Å². The Labute approximate surface area is 122 Å². The van der Waals surface area contributed by atoms with Crippen molar-refractivity contribution >= 4 is 0 Å². The molecule has 0 aromatic heterocycles. The van der Waals surface area contributed by atoms with Gasteiger partial charge in [-0.25, -0.2) is 0 Å². The molecule has 2 saturated heterocycles. The summed E-state index contributed by atoms with van der Waals surface area (Å²) in [7, 11) is 0. The van der Waals surface area contributed by atoms with Crippen LogP contribution in [0, 0.1) is 0 Å². The van der Waals surface area contributed by atoms with Crippen LogP contribution in [0.25, 0.3) is 0 Å². The van der Waals surface area contributed by atoms with Gasteiger partial charge in [-0.3, -0.25) is 21.3 Å². The van der Waals surface area contributed by atoms with Crippen LogP contribution >= 0.6 is 0 Å². The zero-order valence-electron chi connectivity index (χ0n) is 12.5. The average molecular weight is 278 g/mol. The van der Waals surface area contributed by atoms with E-state index in [4.69, 9.17) is 0 Å². The lowest BCUT2D eigenvalue weighted by molar-refractivity contribution is 0.374. The van der Waals surface area contributed by atoms with E-state index < -0.39 is 0 Å². The van der Waals surface area contributed by atoms with Crippen molar-refractivity contribution in [1.29, 1.82) is 0 Å². The Bertz CT molecular complexity index is 274. The molecule has 4 nitrogen and oxygen atoms in total. The number of hydrogen-bond acceptors (Lipinski definition) is 4. The van der Waals surface area contributed by atoms with Gasteiger partial charge in [0.05, 0.1) is 12.3 Å². The maximum atomic E-state index is 3.81. The molecule has 0 amide bonds. The molecule has 2 saturated carbocycles. The lowest BCUT2D eigenvalue weighted by atomic mass is 9.92. The van der Waals surface area contributed by atoms with E-state index in [0.29, 0.717) is 12.3 Å². The molecule has 0 radical (unpaired) electrons. The first-order valence-electron chi connectivity index (χ1n) is 8.93. The number of rotatable bonds is 3. The summed E-state index contributed by atoms with van der Waals surface area (Å²) in [6.45, 7) is 0. The molecule has 0 spiro atoms. The summed E-state index contributed by atoms with van der Waals surface area (Å²) in [5.74, 6) is 0. The number of nitrogens with one attached hydrogen (secondary N) is 4. The van der Waals surface area contributed by atoms with Crippen LogP contribution in [0.3, 0.4) is 0 Å². The molecule has 4 fully saturated rings. The van der Waals surface area contributed by atoms with Crippen molar-refractivity contribution in [2.24, 2.45) is 0 Å². The SMILES string of the molecule is C1CCC2NC(CCC3NC4CCCCC4N3)NC2C1. The molecular formula is C16H30N4. The van der Waals surface area contributed by atoms with Gasteiger partial charge in [0, 0.05) is 24.2 Å². The highest BCUT2D eigenvalue weighted by atomic mass is 15.3. The average Bonchev–Trinajstić information content (AvgIpc) is 3.07. The Balaban J connectivity index is 1.23. The van der Waals surface area contributed by atoms with Crippen molar-refractivity contribution in [1.82, 2.24) is 21.3 Å². The summed E-state index contributed by atoms with van der Waals surface area (Å²) < 4.78 is 0. The van der Waals surface area contributed by atoms with Crippen molar-refractivity contribution in [3.8, 4) is 0 Å². The third kappa shape index (κ3) is 2.76. The van der Waals surface area contributed by atoms with Gasteiger partial charge in [0.15, 0.2) is 0 Å². The number of fused-ring (bicyclic) bond motifs is 2. The maximum absolute atomic E-state index is 3.81. The highest BCUT2D eigenvalue weighted by molar-refractivity contribution is 4.98. The van der Waals surface area contributed by atoms with E-state index in [2.05, 4.69) is 21.3 Å². The second-order valence-corrected chi connectivity index (χ2v) is 7.34. The smallest absolute Gasteiger partial charge is 0.0578 e. The van der Waals surface area contributed by atoms with Crippen LogP contribution in [-0.4, -0.2) is 36.5 Å². The highest BCUT2D eigenvalue weighted by Gasteiger charge is 2.37. The summed E-state index contributed by atoms with van der Waals surface area (Å²) in [4.78, 5) is 0. The van der Waals surface area contributed by atoms with E-state index in [-0.39, 0.29) is 0 Å². The van der Waals surface area contributed by atoms with Gasteiger partial charge in [-0.05, 0) is 38.5 Å². The first-order chi connectivity index (χ1) is 9.88. The largest absolute Gasteiger partial charge is 0.298 e. The fourth-order valence-electron chi connectivity index (χ4n) is 4.86. The van der Waals surface area contributed by atoms with Crippen molar-refractivity contribution < 1.29 is 0 Å². The molecular weight excluding hydrogens is 248 g/mol. The van der Waals surface area contributed by atoms with Crippen LogP contribution in [0.2, 0.25) is 0 Å². The van der Waals surface area contributed by atoms with Crippen LogP contribution in [0.5, 0.6) is 0 Å². The summed E-state index contributed by atoms with van der Waals surface area (Å²) >= 11 is 0. The van der Waals surface area contributed by atoms with E-state index in [1.807, 2.05) is 0 Å². The second-order valence-electron chi connectivity index (χ2n) is 7.34. The van der Waals surface area contributed by atoms with Crippen LogP contribution in [0.15, 0.2) is 0 Å². The molecule has 4 rings (SSSR count). The monoisotopic (exact) mass is 278 g/mol. The topological polar surface area (TPSA) is 48.1 Å². The Morgan fingerprint density at radius 2 is 0.800 bits per heavy atom. The van der Waals surface area contributed by atoms with Crippen molar-refractivity contribution in [2.45, 2.75) is 101 Å². The molecule has 0 aromatic carbocycles. The molecule has 4 N–H and O–H groups in total. The Hall–Kier alpha value is -0.160. The van der Waals surface area contributed by atoms with Gasteiger partial charge in [-0.15, -0.1) is 0 Å². The first-order valence-corrected chi connectivity index (χ1v) is 8.93. The summed E-state index contributed by atoms with van der Waals surface area (Å²) in [6.07, 6.45) is 14.7. The molecule has 0 bridgehead atoms. The van der Waals surface area contributed by atoms with Crippen molar-refractivity contribution in [2.75, 3.05) is 0 Å². The second kappa shape index (κ2) is 5.91. The zero-order chi connectivity index (χ0) is 13.4. The maximum Gasteiger partial charge on any atom is 0.0578 e. The van der Waals surface area contributed by atoms with Gasteiger partial charge in [0.1, 0.15) is 0 Å². The molecule has 2 aliphatic heterocycles. The molecule has 2 heterocycles. The van der Waals surface area contributed by atoms with E-state index in [9.17, 15) is 0 Å². The lowest BCUT2D eigenvalue weighted by Gasteiger charge is -2.23. The van der Waals surface area contributed by atoms with E-state index in [1.165, 1.54) is 64.2 Å². The van der Waals surface area contributed by atoms with Gasteiger partial charge in [0.25, 0.3) is 0 Å². The van der Waals surface area contributed by atoms with E-state index in [0.717, 1.165) is 24.2 Å². The van der Waals surface area contributed by atoms with Crippen LogP contribution in [0.1, 0.15) is 64.2 Å². The minimum absolute atomic E-state index is 0.550. The molecule has 4 aliphatic rings. The molecule has 4 atom stereocenters.